The summed E-state index contributed by atoms with van der Waals surface area (Å²) in [5.74, 6) is 0. The molecular weight excluding hydrogens is 154 g/mol. The molecule has 0 radical (unpaired) electrons. The maximum atomic E-state index is 8.31. The topological polar surface area (TPSA) is 41.4 Å². The number of nitrogens with zero attached hydrogens (tertiary/aromatic N) is 3. The molecule has 0 atom stereocenters. The number of rotatable bonds is 3. The normalized spacial score (nSPS) is 10.8. The molecule has 0 aliphatic rings. The highest BCUT2D eigenvalue weighted by atomic mass is 16.4. The molecule has 0 aliphatic heterocycles. The maximum Gasteiger partial charge on any atom is 0.244 e. The highest BCUT2D eigenvalue weighted by Crippen LogP contribution is 1.89. The molecule has 4 heteroatoms. The molecule has 4 nitrogen and oxygen atoms in total. The third kappa shape index (κ3) is 1.72. The Morgan fingerprint density at radius 1 is 1.83 bits per heavy atom. The summed E-state index contributed by atoms with van der Waals surface area (Å²) in [4.78, 5) is 0. The first-order valence-electron chi connectivity index (χ1n) is 3.61. The Labute approximate surface area is 71.1 Å². The summed E-state index contributed by atoms with van der Waals surface area (Å²) in [6, 6.07) is 0. The average molecular weight is 166 g/mol. The van der Waals surface area contributed by atoms with Crippen LogP contribution in [0.25, 0.3) is 0 Å². The molecule has 0 fully saturated rings. The smallest absolute Gasteiger partial charge is 0.244 e. The van der Waals surface area contributed by atoms with Crippen molar-refractivity contribution in [1.29, 1.82) is 0 Å². The second-order valence-corrected chi connectivity index (χ2v) is 2.51. The lowest BCUT2D eigenvalue weighted by molar-refractivity contribution is -0.686. The van der Waals surface area contributed by atoms with E-state index in [-0.39, 0.29) is 0 Å². The van der Waals surface area contributed by atoms with Crippen LogP contribution in [0, 0.1) is 0 Å². The van der Waals surface area contributed by atoms with Crippen molar-refractivity contribution in [2.24, 2.45) is 12.2 Å². The van der Waals surface area contributed by atoms with Gasteiger partial charge in [-0.25, -0.2) is 9.13 Å². The number of aromatic nitrogens is 2. The highest BCUT2D eigenvalue weighted by molar-refractivity contribution is 5.75. The van der Waals surface area contributed by atoms with E-state index in [9.17, 15) is 0 Å². The van der Waals surface area contributed by atoms with E-state index in [0.717, 1.165) is 12.2 Å². The lowest BCUT2D eigenvalue weighted by Gasteiger charge is -1.83. The quantitative estimate of drug-likeness (QED) is 0.227. The van der Waals surface area contributed by atoms with Gasteiger partial charge in [-0.15, -0.1) is 0 Å². The fourth-order valence-corrected chi connectivity index (χ4v) is 1.02. The van der Waals surface area contributed by atoms with Gasteiger partial charge in [0.25, 0.3) is 0 Å². The van der Waals surface area contributed by atoms with Crippen molar-refractivity contribution in [3.8, 4) is 0 Å². The molecule has 0 amide bonds. The average Bonchev–Trinajstić information content (AvgIpc) is 2.34. The second kappa shape index (κ2) is 3.71. The highest BCUT2D eigenvalue weighted by Gasteiger charge is 2.05. The molecule has 1 N–H and O–H groups in total. The fourth-order valence-electron chi connectivity index (χ4n) is 1.02. The Bertz CT molecular complexity index is 301. The lowest BCUT2D eigenvalue weighted by Crippen LogP contribution is -2.29. The van der Waals surface area contributed by atoms with Crippen molar-refractivity contribution in [3.05, 3.63) is 30.9 Å². The van der Waals surface area contributed by atoms with Gasteiger partial charge in [-0.1, -0.05) is 17.8 Å². The van der Waals surface area contributed by atoms with Crippen LogP contribution < -0.4 is 4.57 Å². The first-order chi connectivity index (χ1) is 5.77. The van der Waals surface area contributed by atoms with E-state index in [2.05, 4.69) is 11.7 Å². The SMILES string of the molecule is C=CC[n+]1cc(/C=N/O)n(C)c1. The zero-order valence-corrected chi connectivity index (χ0v) is 7.01. The number of oxime groups is 1. The van der Waals surface area contributed by atoms with Crippen molar-refractivity contribution in [2.45, 2.75) is 6.54 Å². The van der Waals surface area contributed by atoms with Crippen LogP contribution in [-0.4, -0.2) is 16.0 Å². The molecule has 1 rings (SSSR count). The Morgan fingerprint density at radius 2 is 2.58 bits per heavy atom. The first-order valence-corrected chi connectivity index (χ1v) is 3.61. The van der Waals surface area contributed by atoms with Crippen LogP contribution in [0.15, 0.2) is 30.3 Å². The molecule has 0 saturated carbocycles. The van der Waals surface area contributed by atoms with E-state index >= 15 is 0 Å². The summed E-state index contributed by atoms with van der Waals surface area (Å²) >= 11 is 0. The van der Waals surface area contributed by atoms with Crippen LogP contribution >= 0.6 is 0 Å². The van der Waals surface area contributed by atoms with Gasteiger partial charge in [-0.2, -0.15) is 0 Å². The van der Waals surface area contributed by atoms with Gasteiger partial charge in [0.1, 0.15) is 19.0 Å². The number of hydrogen-bond acceptors (Lipinski definition) is 2. The van der Waals surface area contributed by atoms with Crippen LogP contribution in [0.1, 0.15) is 5.69 Å². The molecule has 1 aromatic heterocycles. The Morgan fingerprint density at radius 3 is 3.17 bits per heavy atom. The molecule has 0 spiro atoms. The van der Waals surface area contributed by atoms with E-state index in [4.69, 9.17) is 5.21 Å². The minimum atomic E-state index is 0.757. The summed E-state index contributed by atoms with van der Waals surface area (Å²) < 4.78 is 3.81. The molecule has 0 aliphatic carbocycles. The van der Waals surface area contributed by atoms with Gasteiger partial charge in [0, 0.05) is 0 Å². The van der Waals surface area contributed by atoms with Crippen LogP contribution in [-0.2, 0) is 13.6 Å². The predicted octanol–water partition coefficient (Wildman–Crippen LogP) is 0.307. The van der Waals surface area contributed by atoms with E-state index in [1.165, 1.54) is 6.21 Å². The van der Waals surface area contributed by atoms with Gasteiger partial charge in [0.2, 0.25) is 6.33 Å². The summed E-state index contributed by atoms with van der Waals surface area (Å²) in [5, 5.41) is 11.3. The van der Waals surface area contributed by atoms with Crippen molar-refractivity contribution < 1.29 is 9.77 Å². The molecule has 0 bridgehead atoms. The van der Waals surface area contributed by atoms with Gasteiger partial charge in [0.05, 0.1) is 7.05 Å². The van der Waals surface area contributed by atoms with Crippen molar-refractivity contribution in [3.63, 3.8) is 0 Å². The second-order valence-electron chi connectivity index (χ2n) is 2.51. The van der Waals surface area contributed by atoms with Gasteiger partial charge in [0.15, 0.2) is 5.69 Å². The fraction of sp³-hybridized carbons (Fsp3) is 0.250. The summed E-state index contributed by atoms with van der Waals surface area (Å²) in [5.41, 5.74) is 0.847. The van der Waals surface area contributed by atoms with E-state index in [1.807, 2.05) is 28.7 Å². The predicted molar refractivity (Wildman–Crippen MR) is 45.2 cm³/mol. The summed E-state index contributed by atoms with van der Waals surface area (Å²) in [6.45, 7) is 4.38. The maximum absolute atomic E-state index is 8.31. The van der Waals surface area contributed by atoms with Crippen molar-refractivity contribution >= 4 is 6.21 Å². The number of imidazole rings is 1. The molecular formula is C8H12N3O+. The monoisotopic (exact) mass is 166 g/mol. The van der Waals surface area contributed by atoms with Gasteiger partial charge in [-0.05, 0) is 0 Å². The lowest BCUT2D eigenvalue weighted by atomic mass is 10.5. The standard InChI is InChI=1S/C8H11N3O/c1-3-4-11-6-8(5-9-12)10(2)7-11/h3,5-7H,1,4H2,2H3/p+1/b9-5+. The van der Waals surface area contributed by atoms with Crippen LogP contribution in [0.4, 0.5) is 0 Å². The molecule has 1 heterocycles. The summed E-state index contributed by atoms with van der Waals surface area (Å²) in [6.07, 6.45) is 6.97. The Kier molecular flexibility index (Phi) is 2.63. The van der Waals surface area contributed by atoms with Gasteiger partial charge >= 0.3 is 0 Å². The zero-order valence-electron chi connectivity index (χ0n) is 7.01. The van der Waals surface area contributed by atoms with Crippen LogP contribution in [0.5, 0.6) is 0 Å². The third-order valence-electron chi connectivity index (χ3n) is 1.56. The van der Waals surface area contributed by atoms with Crippen molar-refractivity contribution in [1.82, 2.24) is 4.57 Å². The third-order valence-corrected chi connectivity index (χ3v) is 1.56. The van der Waals surface area contributed by atoms with Crippen LogP contribution in [0.3, 0.4) is 0 Å². The molecule has 64 valence electrons. The van der Waals surface area contributed by atoms with E-state index in [1.54, 1.807) is 6.08 Å². The molecule has 0 aromatic carbocycles. The van der Waals surface area contributed by atoms with Gasteiger partial charge < -0.3 is 5.21 Å². The minimum absolute atomic E-state index is 0.757. The Balaban J connectivity index is 2.91. The Hall–Kier alpha value is -1.58. The number of allylic oxidation sites excluding steroid dienone is 1. The van der Waals surface area contributed by atoms with E-state index in [0.29, 0.717) is 0 Å². The van der Waals surface area contributed by atoms with E-state index < -0.39 is 0 Å². The number of aryl methyl sites for hydroxylation is 1. The van der Waals surface area contributed by atoms with Crippen molar-refractivity contribution in [2.75, 3.05) is 0 Å². The first kappa shape index (κ1) is 8.52. The minimum Gasteiger partial charge on any atom is -0.411 e. The van der Waals surface area contributed by atoms with Gasteiger partial charge in [-0.3, -0.25) is 0 Å². The number of hydrogen-bond donors (Lipinski definition) is 1. The largest absolute Gasteiger partial charge is 0.411 e. The van der Waals surface area contributed by atoms with Crippen LogP contribution in [0.2, 0.25) is 0 Å². The molecule has 0 unspecified atom stereocenters. The molecule has 1 aromatic rings. The molecule has 12 heavy (non-hydrogen) atoms. The molecule has 0 saturated heterocycles. The summed E-state index contributed by atoms with van der Waals surface area (Å²) in [7, 11) is 1.89. The zero-order chi connectivity index (χ0) is 8.97.